The molecule has 0 atom stereocenters. The minimum absolute atomic E-state index is 0.0597. The topological polar surface area (TPSA) is 43.1 Å². The fourth-order valence-electron chi connectivity index (χ4n) is 1.12. The van der Waals surface area contributed by atoms with Gasteiger partial charge in [-0.15, -0.1) is 11.6 Å². The lowest BCUT2D eigenvalue weighted by molar-refractivity contribution is 0.0989. The molecule has 0 heterocycles. The molecule has 1 rings (SSSR count). The van der Waals surface area contributed by atoms with Crippen LogP contribution in [0, 0.1) is 0 Å². The SMILES string of the molecule is CCC(=O)c1cc(CCl)ccc1N. The highest BCUT2D eigenvalue weighted by Gasteiger charge is 2.07. The van der Waals surface area contributed by atoms with Gasteiger partial charge in [0.1, 0.15) is 0 Å². The van der Waals surface area contributed by atoms with E-state index in [2.05, 4.69) is 0 Å². The highest BCUT2D eigenvalue weighted by Crippen LogP contribution is 2.17. The van der Waals surface area contributed by atoms with Crippen LogP contribution < -0.4 is 5.73 Å². The molecule has 0 aliphatic rings. The number of carbonyl (C=O) groups is 1. The second-order valence-electron chi connectivity index (χ2n) is 2.83. The summed E-state index contributed by atoms with van der Waals surface area (Å²) in [5.74, 6) is 0.467. The van der Waals surface area contributed by atoms with E-state index in [0.29, 0.717) is 23.6 Å². The van der Waals surface area contributed by atoms with E-state index < -0.39 is 0 Å². The highest BCUT2D eigenvalue weighted by molar-refractivity contribution is 6.17. The Balaban J connectivity index is 3.11. The van der Waals surface area contributed by atoms with Gasteiger partial charge >= 0.3 is 0 Å². The first kappa shape index (κ1) is 10.1. The summed E-state index contributed by atoms with van der Waals surface area (Å²) in [6, 6.07) is 5.31. The van der Waals surface area contributed by atoms with E-state index in [0.717, 1.165) is 5.56 Å². The van der Waals surface area contributed by atoms with Crippen molar-refractivity contribution in [2.24, 2.45) is 0 Å². The minimum atomic E-state index is 0.0597. The third-order valence-electron chi connectivity index (χ3n) is 1.89. The van der Waals surface area contributed by atoms with Gasteiger partial charge in [0.05, 0.1) is 0 Å². The molecule has 13 heavy (non-hydrogen) atoms. The Hall–Kier alpha value is -1.02. The molecule has 1 aromatic carbocycles. The van der Waals surface area contributed by atoms with Gasteiger partial charge in [-0.3, -0.25) is 4.79 Å². The number of nitrogen functional groups attached to an aromatic ring is 1. The van der Waals surface area contributed by atoms with E-state index in [1.54, 1.807) is 12.1 Å². The summed E-state index contributed by atoms with van der Waals surface area (Å²) in [5, 5.41) is 0. The van der Waals surface area contributed by atoms with Crippen LogP contribution in [0.5, 0.6) is 0 Å². The highest BCUT2D eigenvalue weighted by atomic mass is 35.5. The zero-order valence-corrected chi connectivity index (χ0v) is 8.27. The lowest BCUT2D eigenvalue weighted by atomic mass is 10.0. The van der Waals surface area contributed by atoms with E-state index >= 15 is 0 Å². The molecule has 1 aromatic rings. The van der Waals surface area contributed by atoms with Gasteiger partial charge < -0.3 is 5.73 Å². The summed E-state index contributed by atoms with van der Waals surface area (Å²) in [5.41, 5.74) is 7.69. The zero-order valence-electron chi connectivity index (χ0n) is 7.51. The summed E-state index contributed by atoms with van der Waals surface area (Å²) in [6.45, 7) is 1.81. The predicted octanol–water partition coefficient (Wildman–Crippen LogP) is 2.60. The van der Waals surface area contributed by atoms with Crippen molar-refractivity contribution >= 4 is 23.1 Å². The molecule has 0 amide bonds. The van der Waals surface area contributed by atoms with Crippen molar-refractivity contribution in [1.82, 2.24) is 0 Å². The normalized spacial score (nSPS) is 10.0. The monoisotopic (exact) mass is 197 g/mol. The van der Waals surface area contributed by atoms with Gasteiger partial charge in [0.2, 0.25) is 0 Å². The summed E-state index contributed by atoms with van der Waals surface area (Å²) < 4.78 is 0. The molecular weight excluding hydrogens is 186 g/mol. The molecule has 0 fully saturated rings. The molecule has 0 bridgehead atoms. The van der Waals surface area contributed by atoms with Crippen LogP contribution in [0.25, 0.3) is 0 Å². The Bertz CT molecular complexity index is 323. The molecule has 2 nitrogen and oxygen atoms in total. The van der Waals surface area contributed by atoms with E-state index in [9.17, 15) is 4.79 Å². The molecule has 0 radical (unpaired) electrons. The maximum Gasteiger partial charge on any atom is 0.164 e. The number of hydrogen-bond donors (Lipinski definition) is 1. The third-order valence-corrected chi connectivity index (χ3v) is 2.20. The zero-order chi connectivity index (χ0) is 9.84. The fourth-order valence-corrected chi connectivity index (χ4v) is 1.28. The number of rotatable bonds is 3. The molecule has 0 spiro atoms. The number of carbonyl (C=O) groups excluding carboxylic acids is 1. The number of benzene rings is 1. The number of hydrogen-bond acceptors (Lipinski definition) is 2. The summed E-state index contributed by atoms with van der Waals surface area (Å²) in [4.78, 5) is 11.4. The van der Waals surface area contributed by atoms with Crippen molar-refractivity contribution in [2.45, 2.75) is 19.2 Å². The first-order valence-corrected chi connectivity index (χ1v) is 4.70. The lowest BCUT2D eigenvalue weighted by Gasteiger charge is -2.04. The standard InChI is InChI=1S/C10H12ClNO/c1-2-10(13)8-5-7(6-11)3-4-9(8)12/h3-5H,2,6,12H2,1H3. The number of Topliss-reactive ketones (excluding diaryl/α,β-unsaturated/α-hetero) is 1. The van der Waals surface area contributed by atoms with Crippen molar-refractivity contribution in [3.8, 4) is 0 Å². The Kier molecular flexibility index (Phi) is 3.32. The van der Waals surface area contributed by atoms with Crippen LogP contribution in [0.15, 0.2) is 18.2 Å². The van der Waals surface area contributed by atoms with Gasteiger partial charge in [-0.05, 0) is 17.7 Å². The fraction of sp³-hybridized carbons (Fsp3) is 0.300. The van der Waals surface area contributed by atoms with Crippen molar-refractivity contribution in [2.75, 3.05) is 5.73 Å². The maximum absolute atomic E-state index is 11.4. The number of anilines is 1. The van der Waals surface area contributed by atoms with E-state index in [-0.39, 0.29) is 5.78 Å². The molecule has 0 unspecified atom stereocenters. The lowest BCUT2D eigenvalue weighted by Crippen LogP contribution is -2.02. The van der Waals surface area contributed by atoms with Gasteiger partial charge in [0.25, 0.3) is 0 Å². The minimum Gasteiger partial charge on any atom is -0.398 e. The number of alkyl halides is 1. The van der Waals surface area contributed by atoms with Crippen LogP contribution in [-0.4, -0.2) is 5.78 Å². The van der Waals surface area contributed by atoms with Gasteiger partial charge in [0.15, 0.2) is 5.78 Å². The number of ketones is 1. The Morgan fingerprint density at radius 2 is 2.23 bits per heavy atom. The van der Waals surface area contributed by atoms with E-state index in [4.69, 9.17) is 17.3 Å². The average molecular weight is 198 g/mol. The predicted molar refractivity (Wildman–Crippen MR) is 55.0 cm³/mol. The smallest absolute Gasteiger partial charge is 0.164 e. The first-order chi connectivity index (χ1) is 6.19. The van der Waals surface area contributed by atoms with Gasteiger partial charge in [0, 0.05) is 23.6 Å². The van der Waals surface area contributed by atoms with Crippen molar-refractivity contribution in [3.05, 3.63) is 29.3 Å². The molecular formula is C10H12ClNO. The summed E-state index contributed by atoms with van der Waals surface area (Å²) in [6.07, 6.45) is 0.468. The van der Waals surface area contributed by atoms with Gasteiger partial charge in [-0.1, -0.05) is 13.0 Å². The molecule has 0 aromatic heterocycles. The molecule has 70 valence electrons. The molecule has 0 saturated carbocycles. The Labute approximate surface area is 82.7 Å². The molecule has 0 aliphatic heterocycles. The third kappa shape index (κ3) is 2.22. The average Bonchev–Trinajstić information content (AvgIpc) is 2.17. The molecule has 0 aliphatic carbocycles. The van der Waals surface area contributed by atoms with Crippen molar-refractivity contribution in [1.29, 1.82) is 0 Å². The first-order valence-electron chi connectivity index (χ1n) is 4.16. The van der Waals surface area contributed by atoms with Gasteiger partial charge in [-0.2, -0.15) is 0 Å². The van der Waals surface area contributed by atoms with Crippen LogP contribution >= 0.6 is 11.6 Å². The largest absolute Gasteiger partial charge is 0.398 e. The quantitative estimate of drug-likeness (QED) is 0.460. The van der Waals surface area contributed by atoms with Crippen LogP contribution in [-0.2, 0) is 5.88 Å². The van der Waals surface area contributed by atoms with Crippen molar-refractivity contribution < 1.29 is 4.79 Å². The molecule has 2 N–H and O–H groups in total. The van der Waals surface area contributed by atoms with Crippen LogP contribution in [0.1, 0.15) is 29.3 Å². The number of nitrogens with two attached hydrogens (primary N) is 1. The maximum atomic E-state index is 11.4. The van der Waals surface area contributed by atoms with E-state index in [1.807, 2.05) is 13.0 Å². The van der Waals surface area contributed by atoms with E-state index in [1.165, 1.54) is 0 Å². The number of halogens is 1. The Morgan fingerprint density at radius 3 is 2.77 bits per heavy atom. The molecule has 0 saturated heterocycles. The second kappa shape index (κ2) is 4.28. The van der Waals surface area contributed by atoms with Crippen LogP contribution in [0.4, 0.5) is 5.69 Å². The van der Waals surface area contributed by atoms with Crippen LogP contribution in [0.2, 0.25) is 0 Å². The second-order valence-corrected chi connectivity index (χ2v) is 3.10. The summed E-state index contributed by atoms with van der Waals surface area (Å²) in [7, 11) is 0. The molecule has 3 heteroatoms. The summed E-state index contributed by atoms with van der Waals surface area (Å²) >= 11 is 5.65. The Morgan fingerprint density at radius 1 is 1.54 bits per heavy atom. The van der Waals surface area contributed by atoms with Crippen molar-refractivity contribution in [3.63, 3.8) is 0 Å². The van der Waals surface area contributed by atoms with Crippen LogP contribution in [0.3, 0.4) is 0 Å². The van der Waals surface area contributed by atoms with Gasteiger partial charge in [-0.25, -0.2) is 0 Å².